The molecule has 0 radical (unpaired) electrons. The molecule has 0 atom stereocenters. The van der Waals surface area contributed by atoms with Crippen molar-refractivity contribution < 1.29 is 9.53 Å². The molecule has 0 aliphatic carbocycles. The second-order valence-electron chi connectivity index (χ2n) is 6.03. The molecular weight excluding hydrogens is 392 g/mol. The number of thiophene rings is 2. The van der Waals surface area contributed by atoms with Gasteiger partial charge in [-0.2, -0.15) is 0 Å². The van der Waals surface area contributed by atoms with E-state index in [0.29, 0.717) is 24.4 Å². The van der Waals surface area contributed by atoms with Gasteiger partial charge in [-0.1, -0.05) is 12.1 Å². The summed E-state index contributed by atoms with van der Waals surface area (Å²) in [5.74, 6) is 0. The van der Waals surface area contributed by atoms with E-state index in [0.717, 1.165) is 26.7 Å². The van der Waals surface area contributed by atoms with E-state index in [9.17, 15) is 4.79 Å². The molecule has 4 rings (SSSR count). The molecule has 2 amide bonds. The van der Waals surface area contributed by atoms with E-state index in [1.54, 1.807) is 29.8 Å². The van der Waals surface area contributed by atoms with E-state index in [2.05, 4.69) is 0 Å². The minimum Gasteiger partial charge on any atom is -0.383 e. The molecule has 0 aliphatic rings. The van der Waals surface area contributed by atoms with Crippen molar-refractivity contribution in [3.8, 4) is 21.1 Å². The third-order valence-electron chi connectivity index (χ3n) is 4.25. The molecule has 0 spiro atoms. The number of amides is 2. The molecule has 8 heteroatoms. The Morgan fingerprint density at radius 1 is 1.04 bits per heavy atom. The van der Waals surface area contributed by atoms with Gasteiger partial charge < -0.3 is 10.5 Å². The number of fused-ring (bicyclic) bond motifs is 1. The van der Waals surface area contributed by atoms with Gasteiger partial charge in [0.05, 0.1) is 33.9 Å². The van der Waals surface area contributed by atoms with Gasteiger partial charge in [-0.3, -0.25) is 4.90 Å². The molecule has 2 N–H and O–H groups in total. The first-order valence-corrected chi connectivity index (χ1v) is 10.4. The van der Waals surface area contributed by atoms with Gasteiger partial charge in [-0.25, -0.2) is 14.8 Å². The highest BCUT2D eigenvalue weighted by Crippen LogP contribution is 2.36. The predicted octanol–water partition coefficient (Wildman–Crippen LogP) is 4.62. The monoisotopic (exact) mass is 410 g/mol. The number of hydrogen-bond donors (Lipinski definition) is 1. The zero-order chi connectivity index (χ0) is 19.5. The second kappa shape index (κ2) is 8.05. The predicted molar refractivity (Wildman–Crippen MR) is 115 cm³/mol. The molecule has 0 fully saturated rings. The number of hydrogen-bond acceptors (Lipinski definition) is 6. The number of benzene rings is 1. The van der Waals surface area contributed by atoms with Crippen LogP contribution in [0, 0.1) is 0 Å². The van der Waals surface area contributed by atoms with Gasteiger partial charge in [0.15, 0.2) is 0 Å². The summed E-state index contributed by atoms with van der Waals surface area (Å²) in [5, 5.41) is 4.05. The number of nitrogens with zero attached hydrogens (tertiary/aromatic N) is 3. The summed E-state index contributed by atoms with van der Waals surface area (Å²) in [5.41, 5.74) is 9.40. The highest BCUT2D eigenvalue weighted by molar-refractivity contribution is 7.14. The van der Waals surface area contributed by atoms with Crippen LogP contribution >= 0.6 is 22.7 Å². The van der Waals surface area contributed by atoms with Crippen molar-refractivity contribution in [2.45, 2.75) is 0 Å². The van der Waals surface area contributed by atoms with Gasteiger partial charge in [0.1, 0.15) is 11.4 Å². The minimum absolute atomic E-state index is 0.371. The molecule has 142 valence electrons. The first kappa shape index (κ1) is 18.5. The van der Waals surface area contributed by atoms with Crippen LogP contribution in [0.5, 0.6) is 0 Å². The number of anilines is 1. The van der Waals surface area contributed by atoms with Crippen LogP contribution in [0.25, 0.3) is 32.2 Å². The Morgan fingerprint density at radius 3 is 2.21 bits per heavy atom. The summed E-state index contributed by atoms with van der Waals surface area (Å²) in [6, 6.07) is 13.1. The topological polar surface area (TPSA) is 81.3 Å². The Hall–Kier alpha value is -2.81. The smallest absolute Gasteiger partial charge is 0.319 e. The van der Waals surface area contributed by atoms with E-state index in [1.165, 1.54) is 4.90 Å². The number of urea groups is 1. The number of primary amides is 1. The second-order valence-corrected chi connectivity index (χ2v) is 7.93. The van der Waals surface area contributed by atoms with Crippen molar-refractivity contribution >= 4 is 45.4 Å². The number of nitrogens with two attached hydrogens (primary N) is 1. The Morgan fingerprint density at radius 2 is 1.68 bits per heavy atom. The summed E-state index contributed by atoms with van der Waals surface area (Å²) in [7, 11) is 1.59. The van der Waals surface area contributed by atoms with Gasteiger partial charge in [-0.05, 0) is 41.1 Å². The molecule has 3 heterocycles. The Bertz CT molecular complexity index is 1100. The van der Waals surface area contributed by atoms with E-state index >= 15 is 0 Å². The van der Waals surface area contributed by atoms with Crippen LogP contribution in [0.3, 0.4) is 0 Å². The largest absolute Gasteiger partial charge is 0.383 e. The molecule has 0 saturated heterocycles. The lowest BCUT2D eigenvalue weighted by Gasteiger charge is -2.20. The highest BCUT2D eigenvalue weighted by atomic mass is 32.1. The molecule has 0 bridgehead atoms. The summed E-state index contributed by atoms with van der Waals surface area (Å²) in [6.07, 6.45) is 0. The lowest BCUT2D eigenvalue weighted by molar-refractivity contribution is 0.203. The SMILES string of the molecule is COCCN(C(N)=O)c1ccc2nc(-c3cccs3)c(-c3cccs3)nc2c1. The number of carbonyl (C=O) groups excluding carboxylic acids is 1. The minimum atomic E-state index is -0.530. The highest BCUT2D eigenvalue weighted by Gasteiger charge is 2.17. The number of carbonyl (C=O) groups is 1. The standard InChI is InChI=1S/C20H18N4O2S2/c1-26-9-8-24(20(21)25)13-6-7-14-15(12-13)23-19(17-5-3-11-28-17)18(22-14)16-4-2-10-27-16/h2-7,10-12H,8-9H2,1H3,(H2,21,25). The molecule has 3 aromatic heterocycles. The fraction of sp³-hybridized carbons (Fsp3) is 0.150. The molecule has 6 nitrogen and oxygen atoms in total. The third-order valence-corrected chi connectivity index (χ3v) is 6.01. The van der Waals surface area contributed by atoms with E-state index in [-0.39, 0.29) is 0 Å². The van der Waals surface area contributed by atoms with Crippen LogP contribution in [0.15, 0.2) is 53.2 Å². The molecule has 0 aliphatic heterocycles. The van der Waals surface area contributed by atoms with Crippen LogP contribution in [0.1, 0.15) is 0 Å². The Labute approximate surface area is 170 Å². The summed E-state index contributed by atoms with van der Waals surface area (Å²) < 4.78 is 5.08. The van der Waals surface area contributed by atoms with Crippen LogP contribution < -0.4 is 10.6 Å². The van der Waals surface area contributed by atoms with Crippen molar-refractivity contribution in [1.82, 2.24) is 9.97 Å². The molecule has 28 heavy (non-hydrogen) atoms. The number of ether oxygens (including phenoxy) is 1. The fourth-order valence-corrected chi connectivity index (χ4v) is 4.36. The molecule has 1 aromatic carbocycles. The van der Waals surface area contributed by atoms with Crippen LogP contribution in [0.4, 0.5) is 10.5 Å². The van der Waals surface area contributed by atoms with Crippen molar-refractivity contribution in [2.24, 2.45) is 5.73 Å². The quantitative estimate of drug-likeness (QED) is 0.503. The third kappa shape index (κ3) is 3.62. The summed E-state index contributed by atoms with van der Waals surface area (Å²) in [4.78, 5) is 25.2. The Balaban J connectivity index is 1.86. The zero-order valence-corrected chi connectivity index (χ0v) is 16.8. The van der Waals surface area contributed by atoms with Gasteiger partial charge in [0.2, 0.25) is 0 Å². The van der Waals surface area contributed by atoms with Gasteiger partial charge in [-0.15, -0.1) is 22.7 Å². The maximum absolute atomic E-state index is 11.9. The van der Waals surface area contributed by atoms with Crippen molar-refractivity contribution in [2.75, 3.05) is 25.2 Å². The maximum Gasteiger partial charge on any atom is 0.319 e. The van der Waals surface area contributed by atoms with Gasteiger partial charge in [0, 0.05) is 12.8 Å². The normalized spacial score (nSPS) is 11.0. The lowest BCUT2D eigenvalue weighted by atomic mass is 10.2. The fourth-order valence-electron chi connectivity index (χ4n) is 2.93. The maximum atomic E-state index is 11.9. The first-order valence-electron chi connectivity index (χ1n) is 8.63. The Kier molecular flexibility index (Phi) is 5.34. The molecule has 0 saturated carbocycles. The molecule has 0 unspecified atom stereocenters. The number of rotatable bonds is 6. The van der Waals surface area contributed by atoms with Gasteiger partial charge in [0.25, 0.3) is 0 Å². The van der Waals surface area contributed by atoms with Crippen LogP contribution in [-0.2, 0) is 4.74 Å². The van der Waals surface area contributed by atoms with Gasteiger partial charge >= 0.3 is 6.03 Å². The van der Waals surface area contributed by atoms with Crippen LogP contribution in [0.2, 0.25) is 0 Å². The summed E-state index contributed by atoms with van der Waals surface area (Å²) in [6.45, 7) is 0.764. The number of aromatic nitrogens is 2. The van der Waals surface area contributed by atoms with Crippen molar-refractivity contribution in [3.05, 3.63) is 53.2 Å². The van der Waals surface area contributed by atoms with E-state index < -0.39 is 6.03 Å². The number of methoxy groups -OCH3 is 1. The first-order chi connectivity index (χ1) is 13.7. The lowest BCUT2D eigenvalue weighted by Crippen LogP contribution is -2.38. The summed E-state index contributed by atoms with van der Waals surface area (Å²) >= 11 is 3.26. The molecule has 4 aromatic rings. The van der Waals surface area contributed by atoms with E-state index in [4.69, 9.17) is 20.4 Å². The average Bonchev–Trinajstić information content (AvgIpc) is 3.41. The average molecular weight is 411 g/mol. The molecular formula is C20H18N4O2S2. The zero-order valence-electron chi connectivity index (χ0n) is 15.2. The van der Waals surface area contributed by atoms with Crippen LogP contribution in [-0.4, -0.2) is 36.3 Å². The van der Waals surface area contributed by atoms with Crippen molar-refractivity contribution in [3.63, 3.8) is 0 Å². The van der Waals surface area contributed by atoms with Crippen molar-refractivity contribution in [1.29, 1.82) is 0 Å². The van der Waals surface area contributed by atoms with E-state index in [1.807, 2.05) is 53.2 Å².